The van der Waals surface area contributed by atoms with Crippen molar-refractivity contribution in [2.24, 2.45) is 7.05 Å². The van der Waals surface area contributed by atoms with Crippen molar-refractivity contribution in [3.8, 4) is 0 Å². The average molecular weight is 435 g/mol. The number of aromatic nitrogens is 5. The van der Waals surface area contributed by atoms with E-state index in [-0.39, 0.29) is 16.3 Å². The number of nitrogens with zero attached hydrogens (tertiary/aromatic N) is 5. The molecule has 0 radical (unpaired) electrons. The van der Waals surface area contributed by atoms with Crippen LogP contribution in [0.1, 0.15) is 21.7 Å². The van der Waals surface area contributed by atoms with Gasteiger partial charge in [0.25, 0.3) is 5.91 Å². The SMILES string of the molecule is Cn1ccnc1Cn1ncc2c(Cl)c(C(=O)Nc3ccc(C(F)(F)F)cc3)cnc21. The molecule has 0 saturated heterocycles. The number of rotatable bonds is 4. The highest BCUT2D eigenvalue weighted by Crippen LogP contribution is 2.30. The maximum Gasteiger partial charge on any atom is 0.416 e. The molecular formula is C19H14ClF3N6O. The number of benzene rings is 1. The van der Waals surface area contributed by atoms with E-state index < -0.39 is 17.6 Å². The van der Waals surface area contributed by atoms with Crippen LogP contribution in [0.2, 0.25) is 5.02 Å². The fourth-order valence-electron chi connectivity index (χ4n) is 2.90. The Morgan fingerprint density at radius 1 is 1.17 bits per heavy atom. The first-order chi connectivity index (χ1) is 14.2. The number of alkyl halides is 3. The van der Waals surface area contributed by atoms with Crippen LogP contribution in [-0.4, -0.2) is 30.2 Å². The van der Waals surface area contributed by atoms with E-state index in [0.29, 0.717) is 17.6 Å². The first-order valence-corrected chi connectivity index (χ1v) is 9.06. The molecule has 1 N–H and O–H groups in total. The molecular weight excluding hydrogens is 421 g/mol. The lowest BCUT2D eigenvalue weighted by Gasteiger charge is -2.10. The van der Waals surface area contributed by atoms with Crippen LogP contribution in [0.5, 0.6) is 0 Å². The van der Waals surface area contributed by atoms with Crippen LogP contribution in [0.4, 0.5) is 18.9 Å². The number of fused-ring (bicyclic) bond motifs is 1. The molecule has 1 amide bonds. The zero-order valence-electron chi connectivity index (χ0n) is 15.5. The summed E-state index contributed by atoms with van der Waals surface area (Å²) in [6.45, 7) is 0.368. The molecule has 0 spiro atoms. The number of carbonyl (C=O) groups excluding carboxylic acids is 1. The van der Waals surface area contributed by atoms with Crippen LogP contribution in [-0.2, 0) is 19.8 Å². The number of hydrogen-bond acceptors (Lipinski definition) is 4. The van der Waals surface area contributed by atoms with Crippen LogP contribution >= 0.6 is 11.6 Å². The van der Waals surface area contributed by atoms with Gasteiger partial charge in [-0.25, -0.2) is 14.6 Å². The largest absolute Gasteiger partial charge is 0.416 e. The highest BCUT2D eigenvalue weighted by Gasteiger charge is 2.30. The number of anilines is 1. The highest BCUT2D eigenvalue weighted by molar-refractivity contribution is 6.38. The third-order valence-corrected chi connectivity index (χ3v) is 4.93. The maximum absolute atomic E-state index is 12.7. The second-order valence-electron chi connectivity index (χ2n) is 6.51. The van der Waals surface area contributed by atoms with Gasteiger partial charge in [0.1, 0.15) is 12.4 Å². The van der Waals surface area contributed by atoms with Gasteiger partial charge in [0, 0.05) is 31.3 Å². The monoisotopic (exact) mass is 434 g/mol. The van der Waals surface area contributed by atoms with Gasteiger partial charge in [-0.3, -0.25) is 4.79 Å². The third-order valence-electron chi connectivity index (χ3n) is 4.53. The van der Waals surface area contributed by atoms with Crippen molar-refractivity contribution in [3.05, 3.63) is 71.0 Å². The van der Waals surface area contributed by atoms with Gasteiger partial charge in [0.05, 0.1) is 27.7 Å². The van der Waals surface area contributed by atoms with E-state index >= 15 is 0 Å². The number of imidazole rings is 1. The number of halogens is 4. The molecule has 11 heteroatoms. The van der Waals surface area contributed by atoms with E-state index in [2.05, 4.69) is 20.4 Å². The Balaban J connectivity index is 1.58. The summed E-state index contributed by atoms with van der Waals surface area (Å²) in [6, 6.07) is 4.12. The smallest absolute Gasteiger partial charge is 0.336 e. The molecule has 7 nitrogen and oxygen atoms in total. The molecule has 154 valence electrons. The third kappa shape index (κ3) is 3.73. The van der Waals surface area contributed by atoms with Crippen molar-refractivity contribution in [2.75, 3.05) is 5.32 Å². The number of amides is 1. The van der Waals surface area contributed by atoms with Gasteiger partial charge in [-0.1, -0.05) is 11.6 Å². The summed E-state index contributed by atoms with van der Waals surface area (Å²) in [5.74, 6) is 0.174. The number of hydrogen-bond donors (Lipinski definition) is 1. The minimum Gasteiger partial charge on any atom is -0.336 e. The number of carbonyl (C=O) groups is 1. The Morgan fingerprint density at radius 2 is 1.90 bits per heavy atom. The van der Waals surface area contributed by atoms with Crippen LogP contribution in [0.3, 0.4) is 0 Å². The minimum absolute atomic E-state index is 0.0839. The second-order valence-corrected chi connectivity index (χ2v) is 6.89. The molecule has 0 aliphatic carbocycles. The van der Waals surface area contributed by atoms with Gasteiger partial charge in [-0.15, -0.1) is 0 Å². The topological polar surface area (TPSA) is 77.6 Å². The van der Waals surface area contributed by atoms with Crippen molar-refractivity contribution < 1.29 is 18.0 Å². The molecule has 3 heterocycles. The molecule has 0 unspecified atom stereocenters. The maximum atomic E-state index is 12.7. The van der Waals surface area contributed by atoms with E-state index in [9.17, 15) is 18.0 Å². The molecule has 3 aromatic heterocycles. The highest BCUT2D eigenvalue weighted by atomic mass is 35.5. The lowest BCUT2D eigenvalue weighted by Crippen LogP contribution is -2.14. The molecule has 1 aromatic carbocycles. The summed E-state index contributed by atoms with van der Waals surface area (Å²) in [5, 5.41) is 7.42. The number of nitrogens with one attached hydrogen (secondary N) is 1. The Kier molecular flexibility index (Phi) is 4.94. The quantitative estimate of drug-likeness (QED) is 0.523. The fourth-order valence-corrected chi connectivity index (χ4v) is 3.16. The summed E-state index contributed by atoms with van der Waals surface area (Å²) in [4.78, 5) is 21.1. The zero-order valence-corrected chi connectivity index (χ0v) is 16.2. The van der Waals surface area contributed by atoms with E-state index in [1.807, 2.05) is 17.8 Å². The van der Waals surface area contributed by atoms with Crippen molar-refractivity contribution in [3.63, 3.8) is 0 Å². The molecule has 4 rings (SSSR count). The van der Waals surface area contributed by atoms with Crippen LogP contribution in [0.25, 0.3) is 11.0 Å². The van der Waals surface area contributed by atoms with Crippen LogP contribution < -0.4 is 5.32 Å². The summed E-state index contributed by atoms with van der Waals surface area (Å²) >= 11 is 6.39. The Morgan fingerprint density at radius 3 is 2.53 bits per heavy atom. The number of aryl methyl sites for hydroxylation is 1. The van der Waals surface area contributed by atoms with Crippen molar-refractivity contribution in [1.82, 2.24) is 24.3 Å². The first kappa shape index (κ1) is 19.9. The van der Waals surface area contributed by atoms with Gasteiger partial charge < -0.3 is 9.88 Å². The van der Waals surface area contributed by atoms with Gasteiger partial charge in [-0.05, 0) is 24.3 Å². The molecule has 4 aromatic rings. The van der Waals surface area contributed by atoms with E-state index in [4.69, 9.17) is 11.6 Å². The molecule has 0 bridgehead atoms. The van der Waals surface area contributed by atoms with Crippen LogP contribution in [0, 0.1) is 0 Å². The minimum atomic E-state index is -4.45. The van der Waals surface area contributed by atoms with Gasteiger partial charge in [-0.2, -0.15) is 18.3 Å². The molecule has 0 fully saturated rings. The molecule has 0 saturated carbocycles. The predicted octanol–water partition coefficient (Wildman–Crippen LogP) is 4.14. The van der Waals surface area contributed by atoms with E-state index in [1.54, 1.807) is 10.9 Å². The fraction of sp³-hybridized carbons (Fsp3) is 0.158. The first-order valence-electron chi connectivity index (χ1n) is 8.69. The molecule has 0 atom stereocenters. The van der Waals surface area contributed by atoms with Crippen LogP contribution in [0.15, 0.2) is 49.1 Å². The Hall–Kier alpha value is -3.40. The summed E-state index contributed by atoms with van der Waals surface area (Å²) in [7, 11) is 1.86. The van der Waals surface area contributed by atoms with Crippen molar-refractivity contribution >= 4 is 34.2 Å². The van der Waals surface area contributed by atoms with Gasteiger partial charge in [0.15, 0.2) is 5.65 Å². The summed E-state index contributed by atoms with van der Waals surface area (Å²) in [5.41, 5.74) is -0.0360. The Bertz CT molecular complexity index is 1230. The summed E-state index contributed by atoms with van der Waals surface area (Å²) < 4.78 is 41.5. The van der Waals surface area contributed by atoms with Crippen molar-refractivity contribution in [1.29, 1.82) is 0 Å². The normalized spacial score (nSPS) is 11.8. The van der Waals surface area contributed by atoms with E-state index in [1.165, 1.54) is 24.5 Å². The lowest BCUT2D eigenvalue weighted by molar-refractivity contribution is -0.137. The molecule has 0 aliphatic heterocycles. The average Bonchev–Trinajstić information content (AvgIpc) is 3.29. The second kappa shape index (κ2) is 7.45. The summed E-state index contributed by atoms with van der Waals surface area (Å²) in [6.07, 6.45) is 1.84. The van der Waals surface area contributed by atoms with Crippen molar-refractivity contribution in [2.45, 2.75) is 12.7 Å². The Labute approximate surface area is 173 Å². The molecule has 30 heavy (non-hydrogen) atoms. The van der Waals surface area contributed by atoms with Gasteiger partial charge in [0.2, 0.25) is 0 Å². The van der Waals surface area contributed by atoms with E-state index in [0.717, 1.165) is 18.0 Å². The zero-order chi connectivity index (χ0) is 21.5. The predicted molar refractivity (Wildman–Crippen MR) is 104 cm³/mol. The van der Waals surface area contributed by atoms with Gasteiger partial charge >= 0.3 is 6.18 Å². The lowest BCUT2D eigenvalue weighted by atomic mass is 10.2. The molecule has 0 aliphatic rings. The number of pyridine rings is 1. The standard InChI is InChI=1S/C19H14ClF3N6O/c1-28-7-6-24-15(28)10-29-17-13(9-26-29)16(20)14(8-25-17)18(30)27-12-4-2-11(3-5-12)19(21,22)23/h2-9H,10H2,1H3,(H,27,30).